The minimum Gasteiger partial charge on any atom is -0.384 e. The Balaban J connectivity index is 1.83. The van der Waals surface area contributed by atoms with Crippen molar-refractivity contribution in [2.24, 2.45) is 0 Å². The maximum Gasteiger partial charge on any atom is 0.255 e. The van der Waals surface area contributed by atoms with E-state index in [1.165, 1.54) is 5.56 Å². The molecule has 3 rings (SSSR count). The second-order valence-electron chi connectivity index (χ2n) is 5.63. The van der Waals surface area contributed by atoms with Crippen LogP contribution in [0.4, 0.5) is 5.69 Å². The van der Waals surface area contributed by atoms with E-state index in [0.717, 1.165) is 56.7 Å². The molecule has 0 atom stereocenters. The Bertz CT molecular complexity index is 495. The van der Waals surface area contributed by atoms with Gasteiger partial charge in [-0.2, -0.15) is 0 Å². The number of nitrogens with zero attached hydrogens (tertiary/aromatic N) is 1. The molecule has 1 amide bonds. The number of carbonyl (C=O) groups excluding carboxylic acids is 1. The average Bonchev–Trinajstić information content (AvgIpc) is 2.54. The standard InChI is InChI=1S/C16H22N2O2/c1-18(13-7-10-20-11-8-13)16(19)14-6-2-4-12-5-3-9-17-15(12)14/h2,4,6,13,17H,3,5,7-11H2,1H3. The highest BCUT2D eigenvalue weighted by Gasteiger charge is 2.26. The molecule has 1 saturated heterocycles. The fourth-order valence-corrected chi connectivity index (χ4v) is 3.12. The van der Waals surface area contributed by atoms with Crippen LogP contribution in [0, 0.1) is 0 Å². The third-order valence-electron chi connectivity index (χ3n) is 4.36. The summed E-state index contributed by atoms with van der Waals surface area (Å²) in [5.41, 5.74) is 3.13. The summed E-state index contributed by atoms with van der Waals surface area (Å²) >= 11 is 0. The molecule has 0 aromatic heterocycles. The fraction of sp³-hybridized carbons (Fsp3) is 0.562. The molecule has 1 fully saturated rings. The van der Waals surface area contributed by atoms with Crippen LogP contribution < -0.4 is 5.32 Å². The van der Waals surface area contributed by atoms with Crippen molar-refractivity contribution in [1.29, 1.82) is 0 Å². The number of hydrogen-bond donors (Lipinski definition) is 1. The number of amides is 1. The monoisotopic (exact) mass is 274 g/mol. The summed E-state index contributed by atoms with van der Waals surface area (Å²) in [7, 11) is 1.92. The molecular formula is C16H22N2O2. The van der Waals surface area contributed by atoms with Crippen LogP contribution in [0.25, 0.3) is 0 Å². The number of para-hydroxylation sites is 1. The van der Waals surface area contributed by atoms with Gasteiger partial charge in [-0.3, -0.25) is 4.79 Å². The number of carbonyl (C=O) groups is 1. The van der Waals surface area contributed by atoms with Crippen molar-refractivity contribution in [3.05, 3.63) is 29.3 Å². The lowest BCUT2D eigenvalue weighted by molar-refractivity contribution is 0.0362. The van der Waals surface area contributed by atoms with Gasteiger partial charge in [0.1, 0.15) is 0 Å². The number of fused-ring (bicyclic) bond motifs is 1. The number of rotatable bonds is 2. The average molecular weight is 274 g/mol. The molecule has 0 aliphatic carbocycles. The minimum atomic E-state index is 0.128. The van der Waals surface area contributed by atoms with Crippen LogP contribution in [0.3, 0.4) is 0 Å². The minimum absolute atomic E-state index is 0.128. The Morgan fingerprint density at radius 1 is 1.35 bits per heavy atom. The van der Waals surface area contributed by atoms with E-state index in [-0.39, 0.29) is 5.91 Å². The smallest absolute Gasteiger partial charge is 0.255 e. The maximum atomic E-state index is 12.8. The zero-order valence-electron chi connectivity index (χ0n) is 12.0. The molecule has 2 heterocycles. The number of benzene rings is 1. The first-order valence-electron chi connectivity index (χ1n) is 7.48. The van der Waals surface area contributed by atoms with E-state index in [1.807, 2.05) is 24.1 Å². The van der Waals surface area contributed by atoms with Gasteiger partial charge < -0.3 is 15.0 Å². The van der Waals surface area contributed by atoms with Gasteiger partial charge in [-0.15, -0.1) is 0 Å². The highest BCUT2D eigenvalue weighted by Crippen LogP contribution is 2.28. The van der Waals surface area contributed by atoms with Gasteiger partial charge >= 0.3 is 0 Å². The summed E-state index contributed by atoms with van der Waals surface area (Å²) < 4.78 is 5.38. The van der Waals surface area contributed by atoms with Crippen LogP contribution in [0.1, 0.15) is 35.2 Å². The van der Waals surface area contributed by atoms with Gasteiger partial charge in [0.25, 0.3) is 5.91 Å². The molecule has 108 valence electrons. The van der Waals surface area contributed by atoms with Crippen LogP contribution in [0.15, 0.2) is 18.2 Å². The number of aryl methyl sites for hydroxylation is 1. The third-order valence-corrected chi connectivity index (χ3v) is 4.36. The Morgan fingerprint density at radius 3 is 2.95 bits per heavy atom. The summed E-state index contributed by atoms with van der Waals surface area (Å²) in [6.45, 7) is 2.47. The van der Waals surface area contributed by atoms with E-state index >= 15 is 0 Å². The van der Waals surface area contributed by atoms with Crippen molar-refractivity contribution >= 4 is 11.6 Å². The zero-order chi connectivity index (χ0) is 13.9. The van der Waals surface area contributed by atoms with Crippen LogP contribution in [-0.4, -0.2) is 43.7 Å². The van der Waals surface area contributed by atoms with Gasteiger partial charge in [-0.1, -0.05) is 12.1 Å². The first-order chi connectivity index (χ1) is 9.77. The maximum absolute atomic E-state index is 12.8. The van der Waals surface area contributed by atoms with Crippen molar-refractivity contribution in [2.45, 2.75) is 31.7 Å². The van der Waals surface area contributed by atoms with E-state index in [1.54, 1.807) is 0 Å². The van der Waals surface area contributed by atoms with Gasteiger partial charge in [0.15, 0.2) is 0 Å². The summed E-state index contributed by atoms with van der Waals surface area (Å²) in [6, 6.07) is 6.36. The molecule has 4 nitrogen and oxygen atoms in total. The van der Waals surface area contributed by atoms with E-state index in [9.17, 15) is 4.79 Å². The molecule has 1 aromatic carbocycles. The molecule has 0 radical (unpaired) electrons. The molecule has 2 aliphatic rings. The second-order valence-corrected chi connectivity index (χ2v) is 5.63. The molecule has 1 N–H and O–H groups in total. The number of hydrogen-bond acceptors (Lipinski definition) is 3. The van der Waals surface area contributed by atoms with E-state index in [4.69, 9.17) is 4.74 Å². The van der Waals surface area contributed by atoms with Crippen molar-refractivity contribution in [1.82, 2.24) is 4.90 Å². The summed E-state index contributed by atoms with van der Waals surface area (Å²) in [4.78, 5) is 14.7. The van der Waals surface area contributed by atoms with E-state index < -0.39 is 0 Å². The summed E-state index contributed by atoms with van der Waals surface area (Å²) in [6.07, 6.45) is 4.07. The Labute approximate surface area is 120 Å². The first kappa shape index (κ1) is 13.4. The van der Waals surface area contributed by atoms with Crippen LogP contribution >= 0.6 is 0 Å². The van der Waals surface area contributed by atoms with Crippen LogP contribution in [0.5, 0.6) is 0 Å². The van der Waals surface area contributed by atoms with Crippen LogP contribution in [-0.2, 0) is 11.2 Å². The van der Waals surface area contributed by atoms with Crippen LogP contribution in [0.2, 0.25) is 0 Å². The Morgan fingerprint density at radius 2 is 2.15 bits per heavy atom. The molecular weight excluding hydrogens is 252 g/mol. The molecule has 0 bridgehead atoms. The van der Waals surface area contributed by atoms with Gasteiger partial charge in [0, 0.05) is 32.8 Å². The van der Waals surface area contributed by atoms with Crippen molar-refractivity contribution in [3.63, 3.8) is 0 Å². The quantitative estimate of drug-likeness (QED) is 0.899. The molecule has 0 saturated carbocycles. The Hall–Kier alpha value is -1.55. The van der Waals surface area contributed by atoms with Gasteiger partial charge in [-0.05, 0) is 37.3 Å². The van der Waals surface area contributed by atoms with Crippen molar-refractivity contribution in [2.75, 3.05) is 32.1 Å². The molecule has 1 aromatic rings. The normalized spacial score (nSPS) is 19.1. The number of nitrogens with one attached hydrogen (secondary N) is 1. The predicted octanol–water partition coefficient (Wildman–Crippen LogP) is 2.30. The van der Waals surface area contributed by atoms with Gasteiger partial charge in [-0.25, -0.2) is 0 Å². The lowest BCUT2D eigenvalue weighted by atomic mass is 9.98. The lowest BCUT2D eigenvalue weighted by Crippen LogP contribution is -2.41. The third kappa shape index (κ3) is 2.52. The fourth-order valence-electron chi connectivity index (χ4n) is 3.12. The topological polar surface area (TPSA) is 41.6 Å². The SMILES string of the molecule is CN(C(=O)c1cccc2c1NCCC2)C1CCOCC1. The van der Waals surface area contributed by atoms with E-state index in [0.29, 0.717) is 6.04 Å². The highest BCUT2D eigenvalue weighted by atomic mass is 16.5. The molecule has 4 heteroatoms. The summed E-state index contributed by atoms with van der Waals surface area (Å²) in [5, 5.41) is 3.40. The first-order valence-corrected chi connectivity index (χ1v) is 7.48. The lowest BCUT2D eigenvalue weighted by Gasteiger charge is -2.32. The number of anilines is 1. The summed E-state index contributed by atoms with van der Waals surface area (Å²) in [5.74, 6) is 0.128. The largest absolute Gasteiger partial charge is 0.384 e. The molecule has 0 unspecified atom stereocenters. The second kappa shape index (κ2) is 5.83. The molecule has 0 spiro atoms. The zero-order valence-corrected chi connectivity index (χ0v) is 12.0. The molecule has 20 heavy (non-hydrogen) atoms. The number of ether oxygens (including phenoxy) is 1. The van der Waals surface area contributed by atoms with Crippen molar-refractivity contribution < 1.29 is 9.53 Å². The van der Waals surface area contributed by atoms with Gasteiger partial charge in [0.05, 0.1) is 11.3 Å². The highest BCUT2D eigenvalue weighted by molar-refractivity contribution is 6.00. The van der Waals surface area contributed by atoms with Gasteiger partial charge in [0.2, 0.25) is 0 Å². The van der Waals surface area contributed by atoms with E-state index in [2.05, 4.69) is 11.4 Å². The predicted molar refractivity (Wildman–Crippen MR) is 79.2 cm³/mol. The molecule has 2 aliphatic heterocycles. The Kier molecular flexibility index (Phi) is 3.92. The van der Waals surface area contributed by atoms with Crippen molar-refractivity contribution in [3.8, 4) is 0 Å².